The van der Waals surface area contributed by atoms with Crippen LogP contribution in [0, 0.1) is 23.3 Å². The Morgan fingerprint density at radius 1 is 0.628 bits per heavy atom. The molecule has 17 nitrogen and oxygen atoms in total. The maximum absolute atomic E-state index is 14.0. The van der Waals surface area contributed by atoms with Gasteiger partial charge in [0, 0.05) is 95.3 Å². The van der Waals surface area contributed by atoms with E-state index in [1.165, 1.54) is 29.8 Å². The van der Waals surface area contributed by atoms with Crippen LogP contribution in [0.2, 0.25) is 0 Å². The third-order valence-electron chi connectivity index (χ3n) is 13.1. The maximum atomic E-state index is 14.0. The highest BCUT2D eigenvalue weighted by molar-refractivity contribution is 8.25. The maximum Gasteiger partial charge on any atom is 0.246 e. The monoisotopic (exact) mass is 1310 g/mol. The van der Waals surface area contributed by atoms with Crippen molar-refractivity contribution in [1.82, 2.24) is 21.3 Å². The molecule has 0 saturated carbocycles. The van der Waals surface area contributed by atoms with Gasteiger partial charge in [-0.3, -0.25) is 19.2 Å². The van der Waals surface area contributed by atoms with Crippen molar-refractivity contribution >= 4 is 99.9 Å². The summed E-state index contributed by atoms with van der Waals surface area (Å²) in [5, 5.41) is 20.5. The van der Waals surface area contributed by atoms with Crippen molar-refractivity contribution in [1.29, 1.82) is 5.26 Å². The van der Waals surface area contributed by atoms with Gasteiger partial charge in [0.25, 0.3) is 0 Å². The van der Waals surface area contributed by atoms with Crippen LogP contribution in [0.5, 0.6) is 0 Å². The molecule has 23 heteroatoms. The molecule has 0 aromatic heterocycles. The van der Waals surface area contributed by atoms with Gasteiger partial charge in [0.05, 0.1) is 94.9 Å². The van der Waals surface area contributed by atoms with Gasteiger partial charge in [0.1, 0.15) is 14.6 Å². The van der Waals surface area contributed by atoms with E-state index in [0.717, 1.165) is 73.6 Å². The quantitative estimate of drug-likeness (QED) is 0.0127. The van der Waals surface area contributed by atoms with E-state index in [-0.39, 0.29) is 41.6 Å². The first-order valence-corrected chi connectivity index (χ1v) is 35.2. The highest BCUT2D eigenvalue weighted by Crippen LogP contribution is 2.44. The molecule has 0 aliphatic rings. The number of hydrogen-bond donors (Lipinski definition) is 4. The summed E-state index contributed by atoms with van der Waals surface area (Å²) < 4.78 is 55.6. The largest absolute Gasteiger partial charge is 0.748 e. The Morgan fingerprint density at radius 2 is 1.00 bits per heavy atom. The molecule has 2 aromatic rings. The normalized spacial score (nSPS) is 13.0. The molecule has 4 N–H and O–H groups in total. The van der Waals surface area contributed by atoms with Gasteiger partial charge < -0.3 is 39.6 Å². The molecule has 0 spiro atoms. The molecule has 0 aliphatic heterocycles. The van der Waals surface area contributed by atoms with Crippen molar-refractivity contribution in [3.8, 4) is 6.07 Å². The molecule has 0 radical (unpaired) electrons. The summed E-state index contributed by atoms with van der Waals surface area (Å²) in [6.07, 6.45) is 8.13. The van der Waals surface area contributed by atoms with Crippen LogP contribution in [0.1, 0.15) is 145 Å². The molecule has 2 aromatic carbocycles. The number of quaternary nitrogens is 2. The van der Waals surface area contributed by atoms with E-state index in [2.05, 4.69) is 73.3 Å². The predicted octanol–water partition coefficient (Wildman–Crippen LogP) is 10.2. The number of nitrogens with zero attached hydrogens (tertiary/aromatic N) is 4. The van der Waals surface area contributed by atoms with E-state index >= 15 is 0 Å². The van der Waals surface area contributed by atoms with Crippen molar-refractivity contribution in [3.05, 3.63) is 108 Å². The van der Waals surface area contributed by atoms with Gasteiger partial charge in [-0.15, -0.1) is 0 Å². The van der Waals surface area contributed by atoms with Crippen molar-refractivity contribution in [2.45, 2.75) is 148 Å². The van der Waals surface area contributed by atoms with Crippen LogP contribution in [-0.2, 0) is 39.1 Å². The summed E-state index contributed by atoms with van der Waals surface area (Å²) in [7, 11) is 0.945. The lowest BCUT2D eigenvalue weighted by Gasteiger charge is -2.38. The molecule has 0 fully saturated rings. The highest BCUT2D eigenvalue weighted by atomic mass is 32.2. The molecular weight excluding hydrogens is 1210 g/mol. The standard InChI is InChI=1S/C32H52N4O4S3.C12H24N2O4S.C11H11NS2.C8H15NO/c1-10-11-19-34-28(37)31(4,24-30(2,3)33-6)25-32(5,42-27(41)26-17-13-12-14-18-26)29(38)35-20-15-21-36(7,8)22-16-23-43(9,39)40;1-11(2)12(15)13-7-5-8-14(3,4)9-6-10-19(16,17)18;1-11(2,8-12)14-10(13)9-6-4-3-5-7-9;1-4-5-6-9-8(10)7(2)3/h12-14,17-18H,10-11,15-16,19-25H2,1-5,7-9H3,(H-,34,35,37,38);1,5-10H2,2-4H3,(H-,13,15,16,17,18);3-7H,1-2H3;2,4-6H2,1,3H3,(H,9,10)/p+1. The van der Waals surface area contributed by atoms with Crippen LogP contribution < -0.4 is 21.3 Å². The van der Waals surface area contributed by atoms with Crippen LogP contribution >= 0.6 is 48.0 Å². The molecule has 0 aliphatic carbocycles. The Kier molecular flexibility index (Phi) is 39.7. The summed E-state index contributed by atoms with van der Waals surface area (Å²) in [5.41, 5.74) is 1.12. The first kappa shape index (κ1) is 83.5. The number of benzene rings is 2. The van der Waals surface area contributed by atoms with Gasteiger partial charge in [0.15, 0.2) is 0 Å². The summed E-state index contributed by atoms with van der Waals surface area (Å²) in [6, 6.07) is 21.5. The molecule has 0 heterocycles. The fraction of sp³-hybridized carbons (Fsp3) is 0.619. The number of carbonyl (C=O) groups is 4. The zero-order valence-electron chi connectivity index (χ0n) is 54.2. The number of thioether (sulfide) groups is 2. The Morgan fingerprint density at radius 3 is 1.38 bits per heavy atom. The number of nitriles is 1. The van der Waals surface area contributed by atoms with E-state index < -0.39 is 40.4 Å². The summed E-state index contributed by atoms with van der Waals surface area (Å²) in [5.74, 6) is -0.697. The highest BCUT2D eigenvalue weighted by Gasteiger charge is 2.49. The molecule has 2 unspecified atom stereocenters. The molecule has 2 rings (SSSR count). The predicted molar refractivity (Wildman–Crippen MR) is 365 cm³/mol. The number of carbonyl (C=O) groups excluding carboxylic acids is 4. The second-order valence-corrected chi connectivity index (χ2v) is 32.8. The van der Waals surface area contributed by atoms with Gasteiger partial charge >= 0.3 is 0 Å². The van der Waals surface area contributed by atoms with Gasteiger partial charge in [-0.2, -0.15) is 5.26 Å². The smallest absolute Gasteiger partial charge is 0.246 e. The first-order chi connectivity index (χ1) is 39.5. The Hall–Kier alpha value is -4.56. The van der Waals surface area contributed by atoms with Crippen molar-refractivity contribution in [2.24, 2.45) is 5.41 Å². The number of amides is 4. The number of thiocarbonyl (C=S) groups is 2. The fourth-order valence-electron chi connectivity index (χ4n) is 8.38. The molecule has 0 saturated heterocycles. The van der Waals surface area contributed by atoms with E-state index in [1.54, 1.807) is 13.8 Å². The second kappa shape index (κ2) is 40.9. The Labute approximate surface area is 538 Å². The van der Waals surface area contributed by atoms with E-state index in [9.17, 15) is 40.6 Å². The van der Waals surface area contributed by atoms with Crippen LogP contribution in [0.15, 0.2) is 85.0 Å². The summed E-state index contributed by atoms with van der Waals surface area (Å²) in [4.78, 5) is 53.5. The van der Waals surface area contributed by atoms with Crippen molar-refractivity contribution in [2.75, 3.05) is 98.3 Å². The average Bonchev–Trinajstić information content (AvgIpc) is 1.71. The first-order valence-electron chi connectivity index (χ1n) is 29.1. The summed E-state index contributed by atoms with van der Waals surface area (Å²) in [6.45, 7) is 38.6. The Bertz CT molecular complexity index is 2800. The molecular formula is C63H103N8O9S6+. The lowest BCUT2D eigenvalue weighted by molar-refractivity contribution is -0.890. The molecule has 0 bridgehead atoms. The van der Waals surface area contributed by atoms with Crippen LogP contribution in [0.3, 0.4) is 0 Å². The fourth-order valence-corrected chi connectivity index (χ4v) is 12.9. The van der Waals surface area contributed by atoms with Crippen molar-refractivity contribution < 1.29 is 49.5 Å². The molecule has 4 amide bonds. The van der Waals surface area contributed by atoms with Crippen LogP contribution in [0.25, 0.3) is 4.85 Å². The minimum atomic E-state index is -4.12. The van der Waals surface area contributed by atoms with Gasteiger partial charge in [-0.05, 0) is 65.0 Å². The van der Waals surface area contributed by atoms with Crippen LogP contribution in [0.4, 0.5) is 0 Å². The van der Waals surface area contributed by atoms with Gasteiger partial charge in [-0.1, -0.05) is 155 Å². The zero-order valence-corrected chi connectivity index (χ0v) is 59.1. The molecule has 484 valence electrons. The van der Waals surface area contributed by atoms with Crippen molar-refractivity contribution in [3.63, 3.8) is 0 Å². The van der Waals surface area contributed by atoms with E-state index in [0.29, 0.717) is 76.2 Å². The zero-order chi connectivity index (χ0) is 66.6. The lowest BCUT2D eigenvalue weighted by atomic mass is 9.72. The summed E-state index contributed by atoms with van der Waals surface area (Å²) >= 11 is 13.8. The third-order valence-corrected chi connectivity index (χ3v) is 18.1. The number of nitrogens with one attached hydrogen (secondary N) is 4. The SMILES string of the molecule is C=C(C)C(=O)NCCCC.C=C(C)C(=O)NCCC[N+](C)(C)CCCS(=O)(=O)[O-].CC(C)(C#N)SC(=S)c1ccccc1.[C-]#[N+]C(C)(C)CC(C)(CC(C)(SC(=S)c1ccccc1)C(=O)NCCC[N+](C)(C)CCCS(C)(=O)=O)C(=O)NCCCC. The molecule has 86 heavy (non-hydrogen) atoms. The average molecular weight is 1310 g/mol. The third kappa shape index (κ3) is 40.8. The number of rotatable bonds is 34. The number of unbranched alkanes of at least 4 members (excludes halogenated alkanes) is 2. The van der Waals surface area contributed by atoms with Gasteiger partial charge in [0.2, 0.25) is 29.2 Å². The minimum absolute atomic E-state index is 0.0338. The van der Waals surface area contributed by atoms with E-state index in [1.807, 2.05) is 116 Å². The van der Waals surface area contributed by atoms with Crippen LogP contribution in [-0.4, -0.2) is 176 Å². The number of sulfone groups is 1. The van der Waals surface area contributed by atoms with E-state index in [4.69, 9.17) is 36.3 Å². The molecule has 2 atom stereocenters. The minimum Gasteiger partial charge on any atom is -0.748 e. The lowest BCUT2D eigenvalue weighted by Crippen LogP contribution is -2.52. The topological polar surface area (TPSA) is 236 Å². The van der Waals surface area contributed by atoms with Gasteiger partial charge in [-0.25, -0.2) is 23.4 Å². The Balaban J connectivity index is 0. The number of hydrogen-bond acceptors (Lipinski definition) is 14. The second-order valence-electron chi connectivity index (χ2n) is 24.6.